The highest BCUT2D eigenvalue weighted by Crippen LogP contribution is 2.33. The second-order valence-electron chi connectivity index (χ2n) is 7.54. The van der Waals surface area contributed by atoms with Gasteiger partial charge in [0.1, 0.15) is 17.6 Å². The van der Waals surface area contributed by atoms with E-state index in [1.54, 1.807) is 18.4 Å². The number of benzene rings is 2. The molecule has 4 rings (SSSR count). The van der Waals surface area contributed by atoms with Crippen molar-refractivity contribution in [2.45, 2.75) is 25.9 Å². The molecule has 1 amide bonds. The van der Waals surface area contributed by atoms with Crippen molar-refractivity contribution in [2.24, 2.45) is 5.10 Å². The van der Waals surface area contributed by atoms with Crippen LogP contribution in [0.2, 0.25) is 0 Å². The Morgan fingerprint density at radius 1 is 1.13 bits per heavy atom. The zero-order chi connectivity index (χ0) is 21.6. The maximum Gasteiger partial charge on any atom is 0.257 e. The summed E-state index contributed by atoms with van der Waals surface area (Å²) in [6.45, 7) is 3.85. The van der Waals surface area contributed by atoms with Gasteiger partial charge in [-0.05, 0) is 54.1 Å². The third-order valence-corrected chi connectivity index (χ3v) is 5.52. The Kier molecular flexibility index (Phi) is 6.48. The lowest BCUT2D eigenvalue weighted by atomic mass is 10.0. The predicted octanol–water partition coefficient (Wildman–Crippen LogP) is 4.49. The molecule has 1 aliphatic heterocycles. The molecule has 6 heteroatoms. The number of carbonyl (C=O) groups excluding carboxylic acids is 1. The first-order chi connectivity index (χ1) is 15.2. The van der Waals surface area contributed by atoms with E-state index >= 15 is 0 Å². The lowest BCUT2D eigenvalue weighted by molar-refractivity contribution is -0.134. The van der Waals surface area contributed by atoms with Crippen LogP contribution < -0.4 is 4.74 Å². The van der Waals surface area contributed by atoms with Gasteiger partial charge in [-0.3, -0.25) is 9.69 Å². The monoisotopic (exact) mass is 417 g/mol. The van der Waals surface area contributed by atoms with Gasteiger partial charge in [-0.15, -0.1) is 0 Å². The lowest BCUT2D eigenvalue weighted by Gasteiger charge is -2.25. The van der Waals surface area contributed by atoms with Crippen molar-refractivity contribution in [3.8, 4) is 5.75 Å². The molecule has 0 bridgehead atoms. The molecular weight excluding hydrogens is 390 g/mol. The molecule has 1 atom stereocenters. The summed E-state index contributed by atoms with van der Waals surface area (Å²) in [5, 5.41) is 6.31. The molecule has 160 valence electrons. The van der Waals surface area contributed by atoms with E-state index in [0.717, 1.165) is 35.9 Å². The van der Waals surface area contributed by atoms with E-state index in [1.807, 2.05) is 54.6 Å². The number of hydrazone groups is 1. The highest BCUT2D eigenvalue weighted by atomic mass is 16.5. The van der Waals surface area contributed by atoms with Crippen molar-refractivity contribution in [1.82, 2.24) is 9.91 Å². The Morgan fingerprint density at radius 2 is 1.90 bits per heavy atom. The Labute approximate surface area is 182 Å². The summed E-state index contributed by atoms with van der Waals surface area (Å²) < 4.78 is 10.9. The van der Waals surface area contributed by atoms with Gasteiger partial charge in [0.25, 0.3) is 5.91 Å². The van der Waals surface area contributed by atoms with Crippen LogP contribution in [0, 0.1) is 0 Å². The maximum absolute atomic E-state index is 13.3. The first-order valence-electron chi connectivity index (χ1n) is 10.5. The number of methoxy groups -OCH3 is 1. The van der Waals surface area contributed by atoms with E-state index in [1.165, 1.54) is 5.56 Å². The van der Waals surface area contributed by atoms with E-state index < -0.39 is 0 Å². The van der Waals surface area contributed by atoms with Gasteiger partial charge in [0, 0.05) is 13.0 Å². The minimum atomic E-state index is -0.241. The van der Waals surface area contributed by atoms with Gasteiger partial charge in [-0.25, -0.2) is 5.01 Å². The molecule has 1 aliphatic rings. The zero-order valence-corrected chi connectivity index (χ0v) is 17.9. The summed E-state index contributed by atoms with van der Waals surface area (Å²) in [5.74, 6) is 1.49. The van der Waals surface area contributed by atoms with Crippen LogP contribution in [-0.4, -0.2) is 41.7 Å². The van der Waals surface area contributed by atoms with Gasteiger partial charge in [-0.2, -0.15) is 5.10 Å². The molecule has 0 saturated carbocycles. The lowest BCUT2D eigenvalue weighted by Crippen LogP contribution is -2.37. The van der Waals surface area contributed by atoms with Crippen LogP contribution in [0.4, 0.5) is 0 Å². The quantitative estimate of drug-likeness (QED) is 0.542. The summed E-state index contributed by atoms with van der Waals surface area (Å²) in [6, 6.07) is 21.4. The van der Waals surface area contributed by atoms with Crippen molar-refractivity contribution in [3.63, 3.8) is 0 Å². The van der Waals surface area contributed by atoms with Crippen LogP contribution in [0.3, 0.4) is 0 Å². The van der Waals surface area contributed by atoms with E-state index in [9.17, 15) is 4.79 Å². The van der Waals surface area contributed by atoms with E-state index in [2.05, 4.69) is 24.0 Å². The first-order valence-corrected chi connectivity index (χ1v) is 10.5. The van der Waals surface area contributed by atoms with Crippen molar-refractivity contribution in [2.75, 3.05) is 20.2 Å². The van der Waals surface area contributed by atoms with E-state index in [-0.39, 0.29) is 11.9 Å². The second-order valence-corrected chi connectivity index (χ2v) is 7.54. The number of carbonyl (C=O) groups is 1. The third kappa shape index (κ3) is 4.86. The molecule has 0 saturated heterocycles. The number of likely N-dealkylation sites (N-methyl/N-ethyl adjacent to an activating group) is 1. The number of furan rings is 1. The van der Waals surface area contributed by atoms with E-state index in [4.69, 9.17) is 14.3 Å². The summed E-state index contributed by atoms with van der Waals surface area (Å²) in [5.41, 5.74) is 3.02. The molecule has 0 aliphatic carbocycles. The molecule has 0 fully saturated rings. The number of rotatable bonds is 8. The van der Waals surface area contributed by atoms with Crippen molar-refractivity contribution < 1.29 is 13.9 Å². The van der Waals surface area contributed by atoms with Gasteiger partial charge in [0.05, 0.1) is 25.6 Å². The first kappa shape index (κ1) is 20.9. The second kappa shape index (κ2) is 9.62. The Bertz CT molecular complexity index is 1010. The van der Waals surface area contributed by atoms with Crippen LogP contribution in [0.25, 0.3) is 0 Å². The molecule has 0 N–H and O–H groups in total. The van der Waals surface area contributed by atoms with Crippen LogP contribution in [-0.2, 0) is 11.3 Å². The van der Waals surface area contributed by atoms with Crippen LogP contribution in [0.1, 0.15) is 36.3 Å². The minimum Gasteiger partial charge on any atom is -0.497 e. The normalized spacial score (nSPS) is 15.9. The number of hydrogen-bond acceptors (Lipinski definition) is 5. The predicted molar refractivity (Wildman–Crippen MR) is 120 cm³/mol. The summed E-state index contributed by atoms with van der Waals surface area (Å²) in [4.78, 5) is 15.4. The highest BCUT2D eigenvalue weighted by Gasteiger charge is 2.35. The molecule has 31 heavy (non-hydrogen) atoms. The van der Waals surface area contributed by atoms with Crippen LogP contribution in [0.15, 0.2) is 82.5 Å². The number of nitrogens with zero attached hydrogens (tertiary/aromatic N) is 3. The van der Waals surface area contributed by atoms with Crippen molar-refractivity contribution in [1.29, 1.82) is 0 Å². The third-order valence-electron chi connectivity index (χ3n) is 5.52. The molecular formula is C25H27N3O3. The van der Waals surface area contributed by atoms with Crippen LogP contribution >= 0.6 is 0 Å². The molecule has 3 aromatic rings. The van der Waals surface area contributed by atoms with Gasteiger partial charge in [-0.1, -0.05) is 37.3 Å². The fourth-order valence-corrected chi connectivity index (χ4v) is 3.79. The SMILES string of the molecule is CCN(CC(=O)N1N=C(c2ccc(OC)cc2)C[C@@H]1c1ccco1)Cc1ccccc1. The number of amides is 1. The fourth-order valence-electron chi connectivity index (χ4n) is 3.79. The summed E-state index contributed by atoms with van der Waals surface area (Å²) in [6.07, 6.45) is 2.24. The molecule has 0 radical (unpaired) electrons. The fraction of sp³-hybridized carbons (Fsp3) is 0.280. The largest absolute Gasteiger partial charge is 0.497 e. The number of hydrogen-bond donors (Lipinski definition) is 0. The summed E-state index contributed by atoms with van der Waals surface area (Å²) >= 11 is 0. The maximum atomic E-state index is 13.3. The van der Waals surface area contributed by atoms with Crippen molar-refractivity contribution in [3.05, 3.63) is 89.9 Å². The molecule has 0 unspecified atom stereocenters. The number of ether oxygens (including phenoxy) is 1. The molecule has 2 heterocycles. The molecule has 6 nitrogen and oxygen atoms in total. The van der Waals surface area contributed by atoms with Gasteiger partial charge in [0.15, 0.2) is 0 Å². The summed E-state index contributed by atoms with van der Waals surface area (Å²) in [7, 11) is 1.64. The topological polar surface area (TPSA) is 58.3 Å². The molecule has 0 spiro atoms. The Morgan fingerprint density at radius 3 is 2.55 bits per heavy atom. The van der Waals surface area contributed by atoms with E-state index in [0.29, 0.717) is 13.0 Å². The minimum absolute atomic E-state index is 0.0392. The van der Waals surface area contributed by atoms with Gasteiger partial charge in [0.2, 0.25) is 0 Å². The van der Waals surface area contributed by atoms with Crippen molar-refractivity contribution >= 4 is 11.6 Å². The van der Waals surface area contributed by atoms with Gasteiger partial charge >= 0.3 is 0 Å². The molecule has 1 aromatic heterocycles. The Hall–Kier alpha value is -3.38. The average Bonchev–Trinajstić information content (AvgIpc) is 3.49. The van der Waals surface area contributed by atoms with Crippen LogP contribution in [0.5, 0.6) is 5.75 Å². The average molecular weight is 418 g/mol. The molecule has 2 aromatic carbocycles. The highest BCUT2D eigenvalue weighted by molar-refractivity contribution is 6.03. The standard InChI is InChI=1S/C25H27N3O3/c1-3-27(17-19-8-5-4-6-9-19)18-25(29)28-23(24-10-7-15-31-24)16-22(26-28)20-11-13-21(30-2)14-12-20/h4-15,23H,3,16-18H2,1-2H3/t23-/m1/s1. The zero-order valence-electron chi connectivity index (χ0n) is 17.9. The Balaban J connectivity index is 1.54. The smallest absolute Gasteiger partial charge is 0.257 e. The van der Waals surface area contributed by atoms with Gasteiger partial charge < -0.3 is 9.15 Å².